The second-order valence-corrected chi connectivity index (χ2v) is 7.03. The molecule has 0 amide bonds. The van der Waals surface area contributed by atoms with Gasteiger partial charge in [0.15, 0.2) is 0 Å². The van der Waals surface area contributed by atoms with Crippen molar-refractivity contribution in [3.63, 3.8) is 0 Å². The Kier molecular flexibility index (Phi) is 6.05. The van der Waals surface area contributed by atoms with Crippen LogP contribution in [0.5, 0.6) is 0 Å². The third-order valence-corrected chi connectivity index (χ3v) is 4.76. The summed E-state index contributed by atoms with van der Waals surface area (Å²) in [5, 5.41) is 0. The van der Waals surface area contributed by atoms with Gasteiger partial charge in [-0.1, -0.05) is 0 Å². The van der Waals surface area contributed by atoms with Crippen LogP contribution in [0.2, 0.25) is 0 Å². The summed E-state index contributed by atoms with van der Waals surface area (Å²) in [6.07, 6.45) is -47.4. The Hall–Kier alpha value is -1.66. The summed E-state index contributed by atoms with van der Waals surface area (Å²) in [5.74, 6) is -32.1. The van der Waals surface area contributed by atoms with Gasteiger partial charge in [0.25, 0.3) is 0 Å². The number of ether oxygens (including phenoxy) is 3. The molecule has 2 heterocycles. The van der Waals surface area contributed by atoms with Gasteiger partial charge in [-0.3, -0.25) is 14.2 Å². The first-order chi connectivity index (χ1) is 15.6. The fourth-order valence-corrected chi connectivity index (χ4v) is 2.77. The number of hydrogen-bond acceptors (Lipinski definition) is 3. The Labute approximate surface area is 184 Å². The van der Waals surface area contributed by atoms with Gasteiger partial charge in [-0.25, -0.2) is 17.6 Å². The number of rotatable bonds is 6. The van der Waals surface area contributed by atoms with E-state index >= 15 is 0 Å². The third-order valence-electron chi connectivity index (χ3n) is 4.76. The highest BCUT2D eigenvalue weighted by molar-refractivity contribution is 5.25. The van der Waals surface area contributed by atoms with Crippen molar-refractivity contribution in [2.24, 2.45) is 0 Å². The monoisotopic (exact) mass is 610 g/mol. The van der Waals surface area contributed by atoms with Crippen molar-refractivity contribution in [3.05, 3.63) is 0 Å². The van der Waals surface area contributed by atoms with E-state index < -0.39 is 71.7 Å². The molecular weight excluding hydrogens is 610 g/mol. The molecule has 3 nitrogen and oxygen atoms in total. The maximum absolute atomic E-state index is 14.9. The zero-order chi connectivity index (χ0) is 30.1. The Balaban J connectivity index is 3.10. The second-order valence-electron chi connectivity index (χ2n) is 7.03. The molecule has 0 radical (unpaired) electrons. The summed E-state index contributed by atoms with van der Waals surface area (Å²) in [5.41, 5.74) is -17.7. The number of epoxide rings is 2. The predicted octanol–water partition coefficient (Wildman–Crippen LogP) is 6.58. The zero-order valence-corrected chi connectivity index (χ0v) is 15.5. The Morgan fingerprint density at radius 3 is 0.649 bits per heavy atom. The molecule has 0 N–H and O–H groups in total. The Morgan fingerprint density at radius 1 is 0.378 bits per heavy atom. The normalized spacial score (nSPS) is 31.9. The van der Waals surface area contributed by atoms with E-state index in [1.165, 1.54) is 4.74 Å². The predicted molar refractivity (Wildman–Crippen MR) is 60.4 cm³/mol. The van der Waals surface area contributed by atoms with Gasteiger partial charge in [0, 0.05) is 0 Å². The molecule has 0 aromatic carbocycles. The molecule has 0 bridgehead atoms. The summed E-state index contributed by atoms with van der Waals surface area (Å²) in [6.45, 7) is 0. The van der Waals surface area contributed by atoms with E-state index in [0.717, 1.165) is 0 Å². The standard InChI is InChI=1S/C12F22O3/c13-1(7(19,20)21,8(22,23)24)3(15,5(17)11(31,32)36-5)35-4(16,6(18)12(33,34)37-6)2(14,9(25,26)27)10(28,29)30. The fraction of sp³-hybridized carbons (Fsp3) is 1.00. The van der Waals surface area contributed by atoms with E-state index in [9.17, 15) is 96.6 Å². The molecule has 4 atom stereocenters. The van der Waals surface area contributed by atoms with E-state index in [4.69, 9.17) is 0 Å². The van der Waals surface area contributed by atoms with Crippen LogP contribution >= 0.6 is 0 Å². The first kappa shape index (κ1) is 31.6. The van der Waals surface area contributed by atoms with E-state index in [2.05, 4.69) is 0 Å². The highest BCUT2D eigenvalue weighted by Crippen LogP contribution is 2.74. The van der Waals surface area contributed by atoms with Crippen LogP contribution < -0.4 is 0 Å². The van der Waals surface area contributed by atoms with Crippen molar-refractivity contribution < 1.29 is 111 Å². The van der Waals surface area contributed by atoms with Crippen LogP contribution in [0.25, 0.3) is 0 Å². The average molecular weight is 610 g/mol. The molecule has 2 saturated heterocycles. The van der Waals surface area contributed by atoms with Crippen LogP contribution in [0.15, 0.2) is 0 Å². The molecule has 0 aromatic heterocycles. The lowest BCUT2D eigenvalue weighted by Gasteiger charge is -2.47. The summed E-state index contributed by atoms with van der Waals surface area (Å²) in [7, 11) is 0. The van der Waals surface area contributed by atoms with Crippen LogP contribution in [0.3, 0.4) is 0 Å². The first-order valence-electron chi connectivity index (χ1n) is 7.88. The first-order valence-corrected chi connectivity index (χ1v) is 7.88. The summed E-state index contributed by atoms with van der Waals surface area (Å²) in [6, 6.07) is 0. The Morgan fingerprint density at radius 2 is 0.541 bits per heavy atom. The van der Waals surface area contributed by atoms with Crippen LogP contribution in [0.1, 0.15) is 0 Å². The Bertz CT molecular complexity index is 829. The quantitative estimate of drug-likeness (QED) is 0.252. The minimum Gasteiger partial charge on any atom is -0.292 e. The SMILES string of the molecule is FC(F)(F)C(F)(C(F)(F)F)C(F)(OC(F)(C1(F)OC1(F)F)C(F)(C(F)(F)F)C(F)(F)F)C1(F)OC1(F)F. The van der Waals surface area contributed by atoms with Gasteiger partial charge in [-0.2, -0.15) is 79.0 Å². The highest BCUT2D eigenvalue weighted by Gasteiger charge is 3.06. The van der Waals surface area contributed by atoms with Gasteiger partial charge in [0.1, 0.15) is 0 Å². The van der Waals surface area contributed by atoms with Crippen LogP contribution in [-0.4, -0.2) is 71.7 Å². The van der Waals surface area contributed by atoms with Gasteiger partial charge < -0.3 is 0 Å². The van der Waals surface area contributed by atoms with Gasteiger partial charge in [0.2, 0.25) is 0 Å². The number of halogens is 22. The second kappa shape index (κ2) is 7.10. The van der Waals surface area contributed by atoms with Crippen LogP contribution in [0, 0.1) is 0 Å². The van der Waals surface area contributed by atoms with Crippen LogP contribution in [-0.2, 0) is 14.2 Å². The molecule has 4 unspecified atom stereocenters. The van der Waals surface area contributed by atoms with Gasteiger partial charge >= 0.3 is 71.7 Å². The molecule has 25 heteroatoms. The molecular formula is C12F22O3. The summed E-state index contributed by atoms with van der Waals surface area (Å²) in [4.78, 5) is 0. The van der Waals surface area contributed by atoms with Gasteiger partial charge in [-0.05, 0) is 0 Å². The van der Waals surface area contributed by atoms with Crippen molar-refractivity contribution in [1.82, 2.24) is 0 Å². The minimum atomic E-state index is -8.85. The smallest absolute Gasteiger partial charge is 0.292 e. The van der Waals surface area contributed by atoms with E-state index in [1.54, 1.807) is 0 Å². The molecule has 2 rings (SSSR count). The number of alkyl halides is 22. The summed E-state index contributed by atoms with van der Waals surface area (Å²) >= 11 is 0. The van der Waals surface area contributed by atoms with Crippen molar-refractivity contribution >= 4 is 0 Å². The molecule has 2 aliphatic heterocycles. The third kappa shape index (κ3) is 3.43. The van der Waals surface area contributed by atoms with Gasteiger partial charge in [-0.15, -0.1) is 0 Å². The average Bonchev–Trinajstić information content (AvgIpc) is 3.35. The molecule has 0 aliphatic carbocycles. The van der Waals surface area contributed by atoms with Crippen molar-refractivity contribution in [2.75, 3.05) is 0 Å². The largest absolute Gasteiger partial charge is 0.437 e. The lowest BCUT2D eigenvalue weighted by molar-refractivity contribution is -0.509. The molecule has 220 valence electrons. The maximum Gasteiger partial charge on any atom is 0.437 e. The van der Waals surface area contributed by atoms with Crippen molar-refractivity contribution in [1.29, 1.82) is 0 Å². The molecule has 0 aromatic rings. The molecule has 0 saturated carbocycles. The maximum atomic E-state index is 14.9. The molecule has 0 spiro atoms. The zero-order valence-electron chi connectivity index (χ0n) is 15.5. The lowest BCUT2D eigenvalue weighted by Crippen LogP contribution is -2.79. The molecule has 2 aliphatic rings. The van der Waals surface area contributed by atoms with Crippen molar-refractivity contribution in [3.8, 4) is 0 Å². The summed E-state index contributed by atoms with van der Waals surface area (Å²) < 4.78 is 299. The van der Waals surface area contributed by atoms with Crippen molar-refractivity contribution in [2.45, 2.75) is 71.7 Å². The topological polar surface area (TPSA) is 34.3 Å². The molecule has 37 heavy (non-hydrogen) atoms. The van der Waals surface area contributed by atoms with E-state index in [1.807, 2.05) is 9.47 Å². The number of hydrogen-bond donors (Lipinski definition) is 0. The minimum absolute atomic E-state index is 1.46. The highest BCUT2D eigenvalue weighted by atomic mass is 19.4. The fourth-order valence-electron chi connectivity index (χ4n) is 2.77. The molecule has 2 fully saturated rings. The van der Waals surface area contributed by atoms with Gasteiger partial charge in [0.05, 0.1) is 0 Å². The van der Waals surface area contributed by atoms with E-state index in [-0.39, 0.29) is 0 Å². The lowest BCUT2D eigenvalue weighted by atomic mass is 9.86. The van der Waals surface area contributed by atoms with Crippen LogP contribution in [0.4, 0.5) is 96.6 Å². The van der Waals surface area contributed by atoms with E-state index in [0.29, 0.717) is 0 Å².